The van der Waals surface area contributed by atoms with Gasteiger partial charge in [0.25, 0.3) is 0 Å². The van der Waals surface area contributed by atoms with Crippen molar-refractivity contribution >= 4 is 17.2 Å². The van der Waals surface area contributed by atoms with Crippen molar-refractivity contribution in [2.24, 2.45) is 5.92 Å². The average molecular weight is 377 g/mol. The third kappa shape index (κ3) is 5.21. The summed E-state index contributed by atoms with van der Waals surface area (Å²) < 4.78 is 11.1. The first kappa shape index (κ1) is 20.2. The highest BCUT2D eigenvalue weighted by Crippen LogP contribution is 2.27. The van der Waals surface area contributed by atoms with E-state index in [1.807, 2.05) is 48.4 Å². The number of rotatable bonds is 9. The number of benzene rings is 1. The first-order valence-electron chi connectivity index (χ1n) is 8.95. The number of carbonyl (C=O) groups excluding carboxylic acids is 1. The van der Waals surface area contributed by atoms with Gasteiger partial charge in [-0.15, -0.1) is 11.3 Å². The van der Waals surface area contributed by atoms with Gasteiger partial charge in [0.1, 0.15) is 11.6 Å². The number of hydrogen-bond acceptors (Lipinski definition) is 5. The second kappa shape index (κ2) is 9.57. The van der Waals surface area contributed by atoms with Gasteiger partial charge in [-0.05, 0) is 25.5 Å². The molecule has 2 aromatic rings. The van der Waals surface area contributed by atoms with E-state index in [9.17, 15) is 4.79 Å². The molecule has 26 heavy (non-hydrogen) atoms. The van der Waals surface area contributed by atoms with Crippen molar-refractivity contribution in [3.8, 4) is 11.5 Å². The van der Waals surface area contributed by atoms with Crippen molar-refractivity contribution in [2.45, 2.75) is 53.3 Å². The summed E-state index contributed by atoms with van der Waals surface area (Å²) >= 11 is 1.55. The van der Waals surface area contributed by atoms with Gasteiger partial charge in [0.15, 0.2) is 11.5 Å². The van der Waals surface area contributed by atoms with E-state index in [2.05, 4.69) is 18.8 Å². The third-order valence-corrected chi connectivity index (χ3v) is 5.12. The highest BCUT2D eigenvalue weighted by molar-refractivity contribution is 7.09. The Labute approximate surface area is 160 Å². The lowest BCUT2D eigenvalue weighted by Crippen LogP contribution is -2.40. The number of methoxy groups -OCH3 is 1. The van der Waals surface area contributed by atoms with Crippen LogP contribution in [0.15, 0.2) is 29.6 Å². The van der Waals surface area contributed by atoms with Crippen LogP contribution in [0.3, 0.4) is 0 Å². The number of thiazole rings is 1. The number of para-hydroxylation sites is 2. The maximum Gasteiger partial charge on any atom is 0.225 e. The molecule has 0 fully saturated rings. The molecular weight excluding hydrogens is 348 g/mol. The molecule has 5 nitrogen and oxygen atoms in total. The summed E-state index contributed by atoms with van der Waals surface area (Å²) in [5.74, 6) is 1.55. The number of nitrogens with zero attached hydrogens (tertiary/aromatic N) is 2. The van der Waals surface area contributed by atoms with E-state index in [0.717, 1.165) is 17.1 Å². The van der Waals surface area contributed by atoms with Crippen molar-refractivity contribution in [2.75, 3.05) is 7.11 Å². The molecule has 1 aromatic heterocycles. The van der Waals surface area contributed by atoms with E-state index in [0.29, 0.717) is 24.7 Å². The highest BCUT2D eigenvalue weighted by atomic mass is 32.1. The van der Waals surface area contributed by atoms with Gasteiger partial charge in [-0.2, -0.15) is 0 Å². The van der Waals surface area contributed by atoms with Crippen LogP contribution in [-0.2, 0) is 17.9 Å². The molecule has 0 radical (unpaired) electrons. The zero-order valence-corrected chi connectivity index (χ0v) is 17.0. The number of ether oxygens (including phenoxy) is 2. The van der Waals surface area contributed by atoms with Gasteiger partial charge in [-0.25, -0.2) is 4.98 Å². The number of amides is 1. The Kier molecular flexibility index (Phi) is 7.45. The fourth-order valence-electron chi connectivity index (χ4n) is 2.54. The molecule has 0 N–H and O–H groups in total. The van der Waals surface area contributed by atoms with Gasteiger partial charge in [0.05, 0.1) is 19.3 Å². The molecule has 1 atom stereocenters. The lowest BCUT2D eigenvalue weighted by atomic mass is 10.1. The van der Waals surface area contributed by atoms with E-state index in [1.54, 1.807) is 18.4 Å². The van der Waals surface area contributed by atoms with Crippen molar-refractivity contribution in [3.05, 3.63) is 40.3 Å². The van der Waals surface area contributed by atoms with Crippen LogP contribution in [0.5, 0.6) is 11.5 Å². The summed E-state index contributed by atoms with van der Waals surface area (Å²) in [7, 11) is 1.62. The van der Waals surface area contributed by atoms with Crippen LogP contribution < -0.4 is 9.47 Å². The highest BCUT2D eigenvalue weighted by Gasteiger charge is 2.22. The Balaban J connectivity index is 2.02. The summed E-state index contributed by atoms with van der Waals surface area (Å²) in [6, 6.07) is 7.75. The maximum absolute atomic E-state index is 12.5. The van der Waals surface area contributed by atoms with Crippen LogP contribution in [0.2, 0.25) is 0 Å². The molecule has 0 aliphatic heterocycles. The van der Waals surface area contributed by atoms with E-state index in [-0.39, 0.29) is 17.9 Å². The Hall–Kier alpha value is -2.08. The topological polar surface area (TPSA) is 51.7 Å². The van der Waals surface area contributed by atoms with Crippen molar-refractivity contribution < 1.29 is 14.3 Å². The van der Waals surface area contributed by atoms with Crippen LogP contribution in [0.25, 0.3) is 0 Å². The standard InChI is InChI=1S/C20H28N2O3S/c1-6-15(4)22(20(23)14(2)3)11-16-13-26-19(21-16)12-25-18-10-8-7-9-17(18)24-5/h7-10,13-15H,6,11-12H2,1-5H3/t15-/m1/s1. The molecule has 0 saturated carbocycles. The Morgan fingerprint density at radius 2 is 1.92 bits per heavy atom. The van der Waals surface area contributed by atoms with E-state index in [4.69, 9.17) is 9.47 Å². The maximum atomic E-state index is 12.5. The van der Waals surface area contributed by atoms with Gasteiger partial charge in [0, 0.05) is 17.3 Å². The fraction of sp³-hybridized carbons (Fsp3) is 0.500. The van der Waals surface area contributed by atoms with Crippen LogP contribution in [0.1, 0.15) is 44.8 Å². The Morgan fingerprint density at radius 1 is 1.23 bits per heavy atom. The fourth-order valence-corrected chi connectivity index (χ4v) is 3.24. The minimum Gasteiger partial charge on any atom is -0.493 e. The summed E-state index contributed by atoms with van der Waals surface area (Å²) in [4.78, 5) is 19.1. The molecule has 142 valence electrons. The van der Waals surface area contributed by atoms with Crippen LogP contribution in [0, 0.1) is 5.92 Å². The van der Waals surface area contributed by atoms with Crippen LogP contribution in [-0.4, -0.2) is 28.9 Å². The molecule has 6 heteroatoms. The average Bonchev–Trinajstić information content (AvgIpc) is 3.10. The minimum absolute atomic E-state index is 0.0176. The summed E-state index contributed by atoms with van der Waals surface area (Å²) in [5, 5.41) is 2.89. The molecule has 0 saturated heterocycles. The van der Waals surface area contributed by atoms with Crippen molar-refractivity contribution in [1.29, 1.82) is 0 Å². The third-order valence-electron chi connectivity index (χ3n) is 4.25. The van der Waals surface area contributed by atoms with Crippen LogP contribution in [0.4, 0.5) is 0 Å². The smallest absolute Gasteiger partial charge is 0.225 e. The summed E-state index contributed by atoms with van der Waals surface area (Å²) in [6.45, 7) is 8.97. The van der Waals surface area contributed by atoms with Crippen molar-refractivity contribution in [1.82, 2.24) is 9.88 Å². The van der Waals surface area contributed by atoms with Gasteiger partial charge >= 0.3 is 0 Å². The summed E-state index contributed by atoms with van der Waals surface area (Å²) in [5.41, 5.74) is 0.905. The number of hydrogen-bond donors (Lipinski definition) is 0. The molecular formula is C20H28N2O3S. The normalized spacial score (nSPS) is 12.1. The van der Waals surface area contributed by atoms with Gasteiger partial charge in [-0.3, -0.25) is 4.79 Å². The molecule has 1 heterocycles. The molecule has 1 amide bonds. The first-order valence-corrected chi connectivity index (χ1v) is 9.83. The monoisotopic (exact) mass is 376 g/mol. The molecule has 0 spiro atoms. The molecule has 0 unspecified atom stereocenters. The van der Waals surface area contributed by atoms with Crippen LogP contribution >= 0.6 is 11.3 Å². The molecule has 0 aliphatic rings. The molecule has 1 aromatic carbocycles. The largest absolute Gasteiger partial charge is 0.493 e. The number of aromatic nitrogens is 1. The van der Waals surface area contributed by atoms with E-state index < -0.39 is 0 Å². The predicted molar refractivity (Wildman–Crippen MR) is 105 cm³/mol. The van der Waals surface area contributed by atoms with E-state index in [1.165, 1.54) is 0 Å². The minimum atomic E-state index is -0.0176. The lowest BCUT2D eigenvalue weighted by molar-refractivity contribution is -0.137. The lowest BCUT2D eigenvalue weighted by Gasteiger charge is -2.29. The Bertz CT molecular complexity index is 715. The zero-order chi connectivity index (χ0) is 19.1. The number of carbonyl (C=O) groups is 1. The Morgan fingerprint density at radius 3 is 2.54 bits per heavy atom. The molecule has 0 aliphatic carbocycles. The molecule has 2 rings (SSSR count). The van der Waals surface area contributed by atoms with Gasteiger partial charge in [-0.1, -0.05) is 32.9 Å². The zero-order valence-electron chi connectivity index (χ0n) is 16.2. The quantitative estimate of drug-likeness (QED) is 0.646. The SMILES string of the molecule is CC[C@@H](C)N(Cc1csc(COc2ccccc2OC)n1)C(=O)C(C)C. The van der Waals surface area contributed by atoms with E-state index >= 15 is 0 Å². The second-order valence-electron chi connectivity index (χ2n) is 6.55. The summed E-state index contributed by atoms with van der Waals surface area (Å²) in [6.07, 6.45) is 0.923. The molecule has 0 bridgehead atoms. The van der Waals surface area contributed by atoms with Crippen molar-refractivity contribution in [3.63, 3.8) is 0 Å². The van der Waals surface area contributed by atoms with Gasteiger partial charge < -0.3 is 14.4 Å². The van der Waals surface area contributed by atoms with Gasteiger partial charge in [0.2, 0.25) is 5.91 Å². The second-order valence-corrected chi connectivity index (χ2v) is 7.49. The first-order chi connectivity index (χ1) is 12.5. The predicted octanol–water partition coefficient (Wildman–Crippen LogP) is 4.51.